The van der Waals surface area contributed by atoms with Gasteiger partial charge in [0.1, 0.15) is 6.10 Å². The van der Waals surface area contributed by atoms with Crippen LogP contribution in [0.4, 0.5) is 0 Å². The lowest BCUT2D eigenvalue weighted by Crippen LogP contribution is -2.49. The van der Waals surface area contributed by atoms with Crippen molar-refractivity contribution in [1.29, 1.82) is 0 Å². The minimum absolute atomic E-state index is 0.0509. The zero-order valence-electron chi connectivity index (χ0n) is 18.4. The molecule has 4 heteroatoms. The maximum Gasteiger partial charge on any atom is 0.310 e. The van der Waals surface area contributed by atoms with E-state index in [-0.39, 0.29) is 23.4 Å². The summed E-state index contributed by atoms with van der Waals surface area (Å²) in [6.45, 7) is 12.9. The molecule has 0 bridgehead atoms. The first kappa shape index (κ1) is 20.3. The van der Waals surface area contributed by atoms with Crippen LogP contribution in [0.1, 0.15) is 44.6 Å². The first-order valence-corrected chi connectivity index (χ1v) is 11.9. The minimum atomic E-state index is 0.0509. The third-order valence-electron chi connectivity index (χ3n) is 8.49. The van der Waals surface area contributed by atoms with Gasteiger partial charge in [0.15, 0.2) is 0 Å². The monoisotopic (exact) mass is 408 g/mol. The molecule has 2 saturated carbocycles. The third-order valence-corrected chi connectivity index (χ3v) is 8.49. The van der Waals surface area contributed by atoms with Crippen LogP contribution in [0.2, 0.25) is 0 Å². The summed E-state index contributed by atoms with van der Waals surface area (Å²) in [5.74, 6) is 1.07. The molecule has 2 aliphatic carbocycles. The van der Waals surface area contributed by atoms with E-state index in [1.165, 1.54) is 30.4 Å². The van der Waals surface area contributed by atoms with Gasteiger partial charge in [0.25, 0.3) is 0 Å². The Morgan fingerprint density at radius 3 is 2.63 bits per heavy atom. The Morgan fingerprint density at radius 1 is 1.13 bits per heavy atom. The summed E-state index contributed by atoms with van der Waals surface area (Å²) in [5.41, 5.74) is 3.09. The Bertz CT molecular complexity index is 785. The summed E-state index contributed by atoms with van der Waals surface area (Å²) >= 11 is 0. The fraction of sp³-hybridized carbons (Fsp3) is 0.654. The zero-order chi connectivity index (χ0) is 20.7. The largest absolute Gasteiger partial charge is 0.462 e. The molecule has 1 aromatic rings. The van der Waals surface area contributed by atoms with Gasteiger partial charge in [-0.25, -0.2) is 0 Å². The number of rotatable bonds is 4. The van der Waals surface area contributed by atoms with Gasteiger partial charge in [-0.05, 0) is 49.0 Å². The fourth-order valence-electron chi connectivity index (χ4n) is 6.71. The summed E-state index contributed by atoms with van der Waals surface area (Å²) in [6.07, 6.45) is 5.94. The second kappa shape index (κ2) is 8.12. The van der Waals surface area contributed by atoms with Crippen molar-refractivity contribution in [3.8, 4) is 0 Å². The number of fused-ring (bicyclic) bond motifs is 2. The van der Waals surface area contributed by atoms with Gasteiger partial charge in [0.05, 0.1) is 5.92 Å². The molecule has 0 aromatic heterocycles. The normalized spacial score (nSPS) is 37.5. The fourth-order valence-corrected chi connectivity index (χ4v) is 6.71. The van der Waals surface area contributed by atoms with E-state index < -0.39 is 0 Å². The lowest BCUT2D eigenvalue weighted by molar-refractivity contribution is -0.146. The van der Waals surface area contributed by atoms with Crippen LogP contribution >= 0.6 is 0 Å². The molecule has 2 saturated heterocycles. The number of benzene rings is 1. The molecule has 4 aliphatic rings. The summed E-state index contributed by atoms with van der Waals surface area (Å²) in [6, 6.07) is 10.7. The molecular weight excluding hydrogens is 372 g/mol. The number of carbonyl (C=O) groups excluding carboxylic acids is 1. The molecule has 0 spiro atoms. The summed E-state index contributed by atoms with van der Waals surface area (Å²) in [5, 5.41) is 0. The van der Waals surface area contributed by atoms with Crippen molar-refractivity contribution >= 4 is 5.97 Å². The minimum Gasteiger partial charge on any atom is -0.462 e. The molecule has 0 unspecified atom stereocenters. The summed E-state index contributed by atoms with van der Waals surface area (Å²) in [4.78, 5) is 17.9. The Morgan fingerprint density at radius 2 is 1.87 bits per heavy atom. The van der Waals surface area contributed by atoms with E-state index >= 15 is 0 Å². The smallest absolute Gasteiger partial charge is 0.310 e. The van der Waals surface area contributed by atoms with Crippen LogP contribution in [0.25, 0.3) is 0 Å². The first-order valence-electron chi connectivity index (χ1n) is 11.9. The first-order chi connectivity index (χ1) is 14.5. The number of ether oxygens (including phenoxy) is 1. The molecule has 4 nitrogen and oxygen atoms in total. The molecule has 30 heavy (non-hydrogen) atoms. The van der Waals surface area contributed by atoms with Crippen LogP contribution in [0.5, 0.6) is 0 Å². The van der Waals surface area contributed by atoms with Gasteiger partial charge in [-0.2, -0.15) is 0 Å². The van der Waals surface area contributed by atoms with Crippen LogP contribution in [-0.2, 0) is 16.1 Å². The number of piperazine rings is 1. The highest BCUT2D eigenvalue weighted by molar-refractivity contribution is 5.75. The van der Waals surface area contributed by atoms with Crippen molar-refractivity contribution in [2.24, 2.45) is 23.2 Å². The summed E-state index contributed by atoms with van der Waals surface area (Å²) in [7, 11) is 0. The number of hydrogen-bond donors (Lipinski definition) is 0. The third kappa shape index (κ3) is 3.85. The van der Waals surface area contributed by atoms with E-state index in [1.807, 2.05) is 0 Å². The number of nitrogens with zero attached hydrogens (tertiary/aromatic N) is 2. The topological polar surface area (TPSA) is 32.8 Å². The maximum absolute atomic E-state index is 12.8. The van der Waals surface area contributed by atoms with Crippen molar-refractivity contribution < 1.29 is 9.53 Å². The molecule has 1 aromatic carbocycles. The Balaban J connectivity index is 1.19. The van der Waals surface area contributed by atoms with Crippen LogP contribution in [-0.4, -0.2) is 54.6 Å². The SMILES string of the molecule is C=C1CCC[C@]2(C)C[C@H]3OC(=O)[C@H](CN4CCN(Cc5ccccc5)CC4)[C@@H]3C[C@H]12. The van der Waals surface area contributed by atoms with E-state index in [0.29, 0.717) is 11.8 Å². The van der Waals surface area contributed by atoms with Crippen molar-refractivity contribution in [2.75, 3.05) is 32.7 Å². The van der Waals surface area contributed by atoms with E-state index in [2.05, 4.69) is 53.6 Å². The number of allylic oxidation sites excluding steroid dienone is 1. The van der Waals surface area contributed by atoms with Gasteiger partial charge in [-0.3, -0.25) is 14.6 Å². The van der Waals surface area contributed by atoms with Crippen molar-refractivity contribution in [1.82, 2.24) is 9.80 Å². The molecule has 0 N–H and O–H groups in total. The second-order valence-corrected chi connectivity index (χ2v) is 10.5. The van der Waals surface area contributed by atoms with E-state index in [1.54, 1.807) is 0 Å². The van der Waals surface area contributed by atoms with E-state index in [0.717, 1.165) is 52.1 Å². The van der Waals surface area contributed by atoms with Gasteiger partial charge in [-0.15, -0.1) is 0 Å². The average molecular weight is 409 g/mol. The lowest BCUT2D eigenvalue weighted by atomic mass is 9.55. The molecule has 5 atom stereocenters. The number of esters is 1. The highest BCUT2D eigenvalue weighted by atomic mass is 16.6. The van der Waals surface area contributed by atoms with Crippen LogP contribution in [0.3, 0.4) is 0 Å². The quantitative estimate of drug-likeness (QED) is 0.554. The Labute approximate surface area is 181 Å². The van der Waals surface area contributed by atoms with Gasteiger partial charge < -0.3 is 4.74 Å². The van der Waals surface area contributed by atoms with Crippen molar-refractivity contribution in [2.45, 2.75) is 51.7 Å². The zero-order valence-corrected chi connectivity index (χ0v) is 18.4. The van der Waals surface area contributed by atoms with Gasteiger partial charge in [-0.1, -0.05) is 49.4 Å². The average Bonchev–Trinajstić information content (AvgIpc) is 3.02. The summed E-state index contributed by atoms with van der Waals surface area (Å²) < 4.78 is 5.96. The van der Waals surface area contributed by atoms with Crippen LogP contribution < -0.4 is 0 Å². The predicted octanol–water partition coefficient (Wildman–Crippen LogP) is 4.12. The highest BCUT2D eigenvalue weighted by Gasteiger charge is 2.55. The Kier molecular flexibility index (Phi) is 5.49. The van der Waals surface area contributed by atoms with Crippen LogP contribution in [0.15, 0.2) is 42.5 Å². The number of carbonyl (C=O) groups is 1. The second-order valence-electron chi connectivity index (χ2n) is 10.5. The van der Waals surface area contributed by atoms with E-state index in [4.69, 9.17) is 4.74 Å². The van der Waals surface area contributed by atoms with E-state index in [9.17, 15) is 4.79 Å². The molecule has 0 amide bonds. The molecule has 2 heterocycles. The standard InChI is InChI=1S/C26H36N2O2/c1-19-7-6-10-26(2)16-24-21(15-23(19)26)22(25(29)30-24)18-28-13-11-27(12-14-28)17-20-8-4-3-5-9-20/h3-5,8-9,21-24H,1,6-7,10-18H2,2H3/t21-,22+,23+,24+,26+/m0/s1. The predicted molar refractivity (Wildman–Crippen MR) is 119 cm³/mol. The van der Waals surface area contributed by atoms with Crippen LogP contribution in [0, 0.1) is 23.2 Å². The van der Waals surface area contributed by atoms with Gasteiger partial charge in [0.2, 0.25) is 0 Å². The Hall–Kier alpha value is -1.65. The lowest BCUT2D eigenvalue weighted by Gasteiger charge is -2.50. The maximum atomic E-state index is 12.8. The van der Waals surface area contributed by atoms with Gasteiger partial charge in [0, 0.05) is 45.2 Å². The molecule has 5 rings (SSSR count). The molecule has 162 valence electrons. The van der Waals surface area contributed by atoms with Crippen molar-refractivity contribution in [3.63, 3.8) is 0 Å². The highest BCUT2D eigenvalue weighted by Crippen LogP contribution is 2.56. The molecule has 2 aliphatic heterocycles. The molecule has 4 fully saturated rings. The molecular formula is C26H36N2O2. The van der Waals surface area contributed by atoms with Gasteiger partial charge >= 0.3 is 5.97 Å². The number of hydrogen-bond acceptors (Lipinski definition) is 4. The van der Waals surface area contributed by atoms with Crippen molar-refractivity contribution in [3.05, 3.63) is 48.0 Å². The molecule has 0 radical (unpaired) electrons.